The van der Waals surface area contributed by atoms with Crippen molar-refractivity contribution in [1.82, 2.24) is 5.43 Å². The van der Waals surface area contributed by atoms with Crippen molar-refractivity contribution in [3.63, 3.8) is 0 Å². The van der Waals surface area contributed by atoms with Crippen LogP contribution in [0.2, 0.25) is 5.02 Å². The van der Waals surface area contributed by atoms with Gasteiger partial charge in [0.05, 0.1) is 18.4 Å². The number of halogens is 1. The van der Waals surface area contributed by atoms with E-state index in [0.29, 0.717) is 45.6 Å². The average Bonchev–Trinajstić information content (AvgIpc) is 3.29. The van der Waals surface area contributed by atoms with Crippen LogP contribution in [0.3, 0.4) is 0 Å². The lowest BCUT2D eigenvalue weighted by molar-refractivity contribution is 0.0728. The van der Waals surface area contributed by atoms with E-state index < -0.39 is 11.9 Å². The SMILES string of the molecule is CCOc1cc(C=NNC(=O)c2ccc3c(c2)OCO3)ccc1OC(=O)c1ccc(Cl)cc1. The minimum absolute atomic E-state index is 0.131. The number of ether oxygens (including phenoxy) is 4. The van der Waals surface area contributed by atoms with Gasteiger partial charge in [0.1, 0.15) is 0 Å². The molecule has 0 bridgehead atoms. The van der Waals surface area contributed by atoms with E-state index in [2.05, 4.69) is 10.5 Å². The van der Waals surface area contributed by atoms with Crippen molar-refractivity contribution in [2.45, 2.75) is 6.92 Å². The zero-order valence-electron chi connectivity index (χ0n) is 17.5. The first-order chi connectivity index (χ1) is 16.0. The first-order valence-electron chi connectivity index (χ1n) is 10.0. The van der Waals surface area contributed by atoms with Crippen LogP contribution in [0.5, 0.6) is 23.0 Å². The first-order valence-corrected chi connectivity index (χ1v) is 10.4. The van der Waals surface area contributed by atoms with E-state index in [1.165, 1.54) is 6.21 Å². The van der Waals surface area contributed by atoms with Crippen LogP contribution in [0.4, 0.5) is 0 Å². The maximum absolute atomic E-state index is 12.4. The predicted molar refractivity (Wildman–Crippen MR) is 122 cm³/mol. The summed E-state index contributed by atoms with van der Waals surface area (Å²) in [5, 5.41) is 4.51. The zero-order valence-corrected chi connectivity index (χ0v) is 18.3. The smallest absolute Gasteiger partial charge is 0.343 e. The highest BCUT2D eigenvalue weighted by Crippen LogP contribution is 2.32. The van der Waals surface area contributed by atoms with Crippen LogP contribution >= 0.6 is 11.6 Å². The molecule has 3 aromatic carbocycles. The van der Waals surface area contributed by atoms with Crippen LogP contribution in [-0.4, -0.2) is 31.5 Å². The molecular formula is C24H19ClN2O6. The van der Waals surface area contributed by atoms with Crippen molar-refractivity contribution >= 4 is 29.7 Å². The van der Waals surface area contributed by atoms with Gasteiger partial charge < -0.3 is 18.9 Å². The number of benzene rings is 3. The summed E-state index contributed by atoms with van der Waals surface area (Å²) < 4.78 is 21.6. The summed E-state index contributed by atoms with van der Waals surface area (Å²) in [4.78, 5) is 24.7. The van der Waals surface area contributed by atoms with Gasteiger partial charge in [0, 0.05) is 10.6 Å². The Hall–Kier alpha value is -4.04. The van der Waals surface area contributed by atoms with Gasteiger partial charge in [-0.05, 0) is 73.2 Å². The number of amides is 1. The van der Waals surface area contributed by atoms with Crippen molar-refractivity contribution in [2.75, 3.05) is 13.4 Å². The summed E-state index contributed by atoms with van der Waals surface area (Å²) in [7, 11) is 0. The molecule has 0 spiro atoms. The zero-order chi connectivity index (χ0) is 23.2. The number of carbonyl (C=O) groups is 2. The van der Waals surface area contributed by atoms with Gasteiger partial charge in [-0.15, -0.1) is 0 Å². The number of hydrogen-bond donors (Lipinski definition) is 1. The fraction of sp³-hybridized carbons (Fsp3) is 0.125. The molecule has 1 aliphatic heterocycles. The second-order valence-corrected chi connectivity index (χ2v) is 7.24. The lowest BCUT2D eigenvalue weighted by Crippen LogP contribution is -2.17. The summed E-state index contributed by atoms with van der Waals surface area (Å²) in [6.07, 6.45) is 1.46. The van der Waals surface area contributed by atoms with Gasteiger partial charge >= 0.3 is 5.97 Å². The van der Waals surface area contributed by atoms with Crippen molar-refractivity contribution in [2.24, 2.45) is 5.10 Å². The molecule has 0 atom stereocenters. The molecule has 3 aromatic rings. The van der Waals surface area contributed by atoms with E-state index in [-0.39, 0.29) is 12.5 Å². The molecule has 4 rings (SSSR count). The minimum Gasteiger partial charge on any atom is -0.490 e. The second kappa shape index (κ2) is 10.1. The van der Waals surface area contributed by atoms with Crippen molar-refractivity contribution in [3.8, 4) is 23.0 Å². The molecule has 0 unspecified atom stereocenters. The number of hydrogen-bond acceptors (Lipinski definition) is 7. The number of fused-ring (bicyclic) bond motifs is 1. The Kier molecular flexibility index (Phi) is 6.75. The van der Waals surface area contributed by atoms with Crippen LogP contribution in [0.15, 0.2) is 65.8 Å². The molecule has 0 saturated heterocycles. The largest absolute Gasteiger partial charge is 0.490 e. The van der Waals surface area contributed by atoms with E-state index in [1.54, 1.807) is 60.7 Å². The third-order valence-electron chi connectivity index (χ3n) is 4.56. The van der Waals surface area contributed by atoms with E-state index in [9.17, 15) is 9.59 Å². The number of nitrogens with zero attached hydrogens (tertiary/aromatic N) is 1. The van der Waals surface area contributed by atoms with E-state index in [1.807, 2.05) is 6.92 Å². The number of carbonyl (C=O) groups excluding carboxylic acids is 2. The first kappa shape index (κ1) is 22.2. The highest BCUT2D eigenvalue weighted by atomic mass is 35.5. The molecule has 0 aromatic heterocycles. The van der Waals surface area contributed by atoms with E-state index in [0.717, 1.165) is 0 Å². The Bertz CT molecular complexity index is 1210. The predicted octanol–water partition coefficient (Wildman–Crippen LogP) is 4.45. The molecule has 1 heterocycles. The number of hydrazone groups is 1. The van der Waals surface area contributed by atoms with Gasteiger partial charge in [0.2, 0.25) is 6.79 Å². The molecule has 1 amide bonds. The van der Waals surface area contributed by atoms with Crippen molar-refractivity contribution < 1.29 is 28.5 Å². The van der Waals surface area contributed by atoms with Crippen LogP contribution in [-0.2, 0) is 0 Å². The van der Waals surface area contributed by atoms with E-state index >= 15 is 0 Å². The quantitative estimate of drug-likeness (QED) is 0.239. The van der Waals surface area contributed by atoms with Gasteiger partial charge in [-0.25, -0.2) is 10.2 Å². The monoisotopic (exact) mass is 466 g/mol. The summed E-state index contributed by atoms with van der Waals surface area (Å²) in [6, 6.07) is 16.2. The Balaban J connectivity index is 1.43. The molecule has 0 saturated carbocycles. The molecule has 1 aliphatic rings. The topological polar surface area (TPSA) is 95.5 Å². The van der Waals surface area contributed by atoms with Crippen LogP contribution in [0.25, 0.3) is 0 Å². The maximum Gasteiger partial charge on any atom is 0.343 e. The van der Waals surface area contributed by atoms with Crippen LogP contribution < -0.4 is 24.4 Å². The molecular weight excluding hydrogens is 448 g/mol. The van der Waals surface area contributed by atoms with Crippen molar-refractivity contribution in [1.29, 1.82) is 0 Å². The third-order valence-corrected chi connectivity index (χ3v) is 4.82. The van der Waals surface area contributed by atoms with Crippen LogP contribution in [0, 0.1) is 0 Å². The molecule has 0 aliphatic carbocycles. The maximum atomic E-state index is 12.4. The van der Waals surface area contributed by atoms with Gasteiger partial charge in [-0.2, -0.15) is 5.10 Å². The molecule has 33 heavy (non-hydrogen) atoms. The number of nitrogens with one attached hydrogen (secondary N) is 1. The lowest BCUT2D eigenvalue weighted by Gasteiger charge is -2.11. The van der Waals surface area contributed by atoms with Crippen molar-refractivity contribution in [3.05, 3.63) is 82.4 Å². The average molecular weight is 467 g/mol. The van der Waals surface area contributed by atoms with Gasteiger partial charge in [-0.3, -0.25) is 4.79 Å². The highest BCUT2D eigenvalue weighted by Gasteiger charge is 2.16. The fourth-order valence-corrected chi connectivity index (χ4v) is 3.10. The fourth-order valence-electron chi connectivity index (χ4n) is 2.97. The molecule has 1 N–H and O–H groups in total. The highest BCUT2D eigenvalue weighted by molar-refractivity contribution is 6.30. The molecule has 168 valence electrons. The standard InChI is InChI=1S/C24H19ClN2O6/c1-2-30-21-11-15(3-9-20(21)33-24(29)16-4-7-18(25)8-5-16)13-26-27-23(28)17-6-10-19-22(12-17)32-14-31-19/h3-13H,2,14H2,1H3,(H,27,28). The summed E-state index contributed by atoms with van der Waals surface area (Å²) in [5.41, 5.74) is 3.84. The molecule has 8 nitrogen and oxygen atoms in total. The number of rotatable bonds is 7. The Morgan fingerprint density at radius 1 is 1.00 bits per heavy atom. The van der Waals surface area contributed by atoms with E-state index in [4.69, 9.17) is 30.5 Å². The Morgan fingerprint density at radius 3 is 2.55 bits per heavy atom. The summed E-state index contributed by atoms with van der Waals surface area (Å²) >= 11 is 5.86. The lowest BCUT2D eigenvalue weighted by atomic mass is 10.2. The molecule has 0 radical (unpaired) electrons. The minimum atomic E-state index is -0.537. The summed E-state index contributed by atoms with van der Waals surface area (Å²) in [5.74, 6) is 0.796. The molecule has 9 heteroatoms. The second-order valence-electron chi connectivity index (χ2n) is 6.80. The normalized spacial score (nSPS) is 11.9. The van der Waals surface area contributed by atoms with Gasteiger partial charge in [0.15, 0.2) is 23.0 Å². The number of esters is 1. The Labute approximate surface area is 194 Å². The van der Waals surface area contributed by atoms with Crippen LogP contribution in [0.1, 0.15) is 33.2 Å². The van der Waals surface area contributed by atoms with Gasteiger partial charge in [0.25, 0.3) is 5.91 Å². The van der Waals surface area contributed by atoms with Gasteiger partial charge in [-0.1, -0.05) is 11.6 Å². The summed E-state index contributed by atoms with van der Waals surface area (Å²) in [6.45, 7) is 2.32. The third kappa shape index (κ3) is 5.42. The molecule has 0 fully saturated rings. The Morgan fingerprint density at radius 2 is 1.76 bits per heavy atom.